The Morgan fingerprint density at radius 3 is 2.00 bits per heavy atom. The highest BCUT2D eigenvalue weighted by Gasteiger charge is 1.95. The van der Waals surface area contributed by atoms with E-state index in [0.29, 0.717) is 0 Å². The summed E-state index contributed by atoms with van der Waals surface area (Å²) in [4.78, 5) is 0. The highest BCUT2D eigenvalue weighted by atomic mass is 79.9. The van der Waals surface area contributed by atoms with Gasteiger partial charge in [0.05, 0.1) is 6.54 Å². The van der Waals surface area contributed by atoms with Crippen molar-refractivity contribution in [3.05, 3.63) is 0 Å². The van der Waals surface area contributed by atoms with Gasteiger partial charge < -0.3 is 0 Å². The monoisotopic (exact) mass is 195 g/mol. The molecule has 7 heavy (non-hydrogen) atoms. The van der Waals surface area contributed by atoms with Crippen LogP contribution in [0.25, 0.3) is 0 Å². The van der Waals surface area contributed by atoms with Gasteiger partial charge in [-0.05, 0) is 0 Å². The molecular formula is C2H5BrClF2N. The minimum Gasteiger partial charge on any atom is -0.250 e. The average Bonchev–Trinajstić information content (AvgIpc) is 1.35. The number of hydrogen-bond donors (Lipinski definition) is 1. The molecule has 0 aliphatic rings. The Balaban J connectivity index is 0. The first-order chi connectivity index (χ1) is 2.77. The molecule has 0 aliphatic heterocycles. The van der Waals surface area contributed by atoms with Crippen LogP contribution in [0.1, 0.15) is 0 Å². The second-order valence-electron chi connectivity index (χ2n) is 0.729. The van der Waals surface area contributed by atoms with Gasteiger partial charge in [0.15, 0.2) is 0 Å². The van der Waals surface area contributed by atoms with E-state index in [1.54, 1.807) is 0 Å². The summed E-state index contributed by atoms with van der Waals surface area (Å²) in [7, 11) is 0. The van der Waals surface area contributed by atoms with Crippen molar-refractivity contribution in [3.63, 3.8) is 0 Å². The predicted molar refractivity (Wildman–Crippen MR) is 30.2 cm³/mol. The molecule has 0 fully saturated rings. The molecule has 0 rings (SSSR count). The summed E-state index contributed by atoms with van der Waals surface area (Å²) in [6, 6.07) is 0. The van der Waals surface area contributed by atoms with Gasteiger partial charge in [-0.15, -0.1) is 12.4 Å². The molecule has 0 unspecified atom stereocenters. The zero-order valence-electron chi connectivity index (χ0n) is 3.33. The van der Waals surface area contributed by atoms with Crippen LogP contribution in [0.2, 0.25) is 0 Å². The predicted octanol–water partition coefficient (Wildman–Crippen LogP) is 1.57. The van der Waals surface area contributed by atoms with Crippen molar-refractivity contribution in [3.8, 4) is 0 Å². The van der Waals surface area contributed by atoms with Crippen molar-refractivity contribution < 1.29 is 8.78 Å². The van der Waals surface area contributed by atoms with Gasteiger partial charge in [0.1, 0.15) is 0 Å². The van der Waals surface area contributed by atoms with Gasteiger partial charge >= 0.3 is 0 Å². The maximum atomic E-state index is 10.9. The van der Waals surface area contributed by atoms with Crippen molar-refractivity contribution >= 4 is 28.6 Å². The minimum atomic E-state index is -2.26. The molecule has 0 aromatic rings. The number of alkyl halides is 2. The normalized spacial score (nSPS) is 8.57. The quantitative estimate of drug-likeness (QED) is 0.661. The Morgan fingerprint density at radius 1 is 1.57 bits per heavy atom. The second-order valence-corrected chi connectivity index (χ2v) is 1.29. The Labute approximate surface area is 55.2 Å². The van der Waals surface area contributed by atoms with E-state index in [0.717, 1.165) is 0 Å². The molecule has 0 aliphatic carbocycles. The van der Waals surface area contributed by atoms with Crippen LogP contribution in [0.15, 0.2) is 0 Å². The van der Waals surface area contributed by atoms with E-state index in [2.05, 4.69) is 20.5 Å². The standard InChI is InChI=1S/C2H4BrF2N.ClH/c3-6-1-2(4)5;/h2,6H,1H2;1H. The van der Waals surface area contributed by atoms with Crippen LogP contribution in [0, 0.1) is 0 Å². The molecule has 0 atom stereocenters. The summed E-state index contributed by atoms with van der Waals surface area (Å²) >= 11 is 2.62. The van der Waals surface area contributed by atoms with Gasteiger partial charge in [-0.3, -0.25) is 4.34 Å². The van der Waals surface area contributed by atoms with Crippen LogP contribution >= 0.6 is 28.6 Å². The molecule has 0 bridgehead atoms. The maximum Gasteiger partial charge on any atom is 0.251 e. The van der Waals surface area contributed by atoms with Crippen LogP contribution in [0.3, 0.4) is 0 Å². The van der Waals surface area contributed by atoms with Crippen LogP contribution in [0.5, 0.6) is 0 Å². The largest absolute Gasteiger partial charge is 0.251 e. The van der Waals surface area contributed by atoms with Gasteiger partial charge in [0, 0.05) is 16.1 Å². The van der Waals surface area contributed by atoms with Gasteiger partial charge in [-0.2, -0.15) is 0 Å². The first-order valence-corrected chi connectivity index (χ1v) is 2.18. The summed E-state index contributed by atoms with van der Waals surface area (Å²) in [5.41, 5.74) is 0. The van der Waals surface area contributed by atoms with E-state index < -0.39 is 6.43 Å². The van der Waals surface area contributed by atoms with Crippen molar-refractivity contribution in [1.82, 2.24) is 4.34 Å². The van der Waals surface area contributed by atoms with Crippen LogP contribution in [-0.4, -0.2) is 13.0 Å². The van der Waals surface area contributed by atoms with Gasteiger partial charge in [-0.1, -0.05) is 0 Å². The smallest absolute Gasteiger partial charge is 0.250 e. The fraction of sp³-hybridized carbons (Fsp3) is 1.00. The summed E-state index contributed by atoms with van der Waals surface area (Å²) in [5.74, 6) is 0. The number of rotatable bonds is 2. The van der Waals surface area contributed by atoms with Crippen molar-refractivity contribution in [2.24, 2.45) is 0 Å². The fourth-order valence-electron chi connectivity index (χ4n) is 0.0583. The molecule has 0 spiro atoms. The van der Waals surface area contributed by atoms with Gasteiger partial charge in [0.2, 0.25) is 0 Å². The van der Waals surface area contributed by atoms with E-state index in [1.807, 2.05) is 0 Å². The van der Waals surface area contributed by atoms with Crippen molar-refractivity contribution in [2.75, 3.05) is 6.54 Å². The minimum absolute atomic E-state index is 0. The third-order valence-electron chi connectivity index (χ3n) is 0.231. The van der Waals surface area contributed by atoms with E-state index in [-0.39, 0.29) is 19.0 Å². The number of nitrogens with one attached hydrogen (secondary N) is 1. The van der Waals surface area contributed by atoms with Gasteiger partial charge in [-0.25, -0.2) is 8.78 Å². The number of halogens is 4. The summed E-state index contributed by atoms with van der Waals surface area (Å²) < 4.78 is 24.0. The lowest BCUT2D eigenvalue weighted by atomic mass is 10.7. The highest BCUT2D eigenvalue weighted by Crippen LogP contribution is 1.87. The molecule has 1 N–H and O–H groups in total. The third kappa shape index (κ3) is 10.8. The summed E-state index contributed by atoms with van der Waals surface area (Å²) in [6.07, 6.45) is -2.26. The molecule has 46 valence electrons. The zero-order valence-corrected chi connectivity index (χ0v) is 5.73. The van der Waals surface area contributed by atoms with Crippen molar-refractivity contribution in [1.29, 1.82) is 0 Å². The lowest BCUT2D eigenvalue weighted by Gasteiger charge is -1.89. The van der Waals surface area contributed by atoms with Gasteiger partial charge in [0.25, 0.3) is 6.43 Å². The highest BCUT2D eigenvalue weighted by molar-refractivity contribution is 9.08. The van der Waals surface area contributed by atoms with Crippen LogP contribution in [-0.2, 0) is 0 Å². The van der Waals surface area contributed by atoms with Crippen molar-refractivity contribution in [2.45, 2.75) is 6.43 Å². The first-order valence-electron chi connectivity index (χ1n) is 1.39. The molecule has 0 saturated carbocycles. The lowest BCUT2D eigenvalue weighted by Crippen LogP contribution is -2.09. The Bertz CT molecular complexity index is 36.9. The topological polar surface area (TPSA) is 12.0 Å². The second kappa shape index (κ2) is 6.59. The maximum absolute atomic E-state index is 10.9. The molecule has 0 amide bonds. The molecular weight excluding hydrogens is 191 g/mol. The fourth-order valence-corrected chi connectivity index (χ4v) is 0.303. The molecule has 0 aromatic carbocycles. The Morgan fingerprint density at radius 2 is 2.00 bits per heavy atom. The third-order valence-corrected chi connectivity index (χ3v) is 0.555. The summed E-state index contributed by atoms with van der Waals surface area (Å²) in [6.45, 7) is -0.292. The Kier molecular flexibility index (Phi) is 9.93. The number of hydrogen-bond acceptors (Lipinski definition) is 1. The molecule has 0 radical (unpaired) electrons. The van der Waals surface area contributed by atoms with E-state index in [4.69, 9.17) is 0 Å². The SMILES string of the molecule is Cl.FC(F)CNBr. The lowest BCUT2D eigenvalue weighted by molar-refractivity contribution is 0.155. The first kappa shape index (κ1) is 10.5. The molecule has 0 heterocycles. The molecule has 5 heteroatoms. The van der Waals surface area contributed by atoms with E-state index >= 15 is 0 Å². The molecule has 0 aromatic heterocycles. The molecule has 1 nitrogen and oxygen atoms in total. The zero-order chi connectivity index (χ0) is 4.99. The Hall–Kier alpha value is 0.590. The molecule has 0 saturated heterocycles. The average molecular weight is 196 g/mol. The van der Waals surface area contributed by atoms with E-state index in [1.165, 1.54) is 0 Å². The van der Waals surface area contributed by atoms with Crippen LogP contribution < -0.4 is 4.34 Å². The van der Waals surface area contributed by atoms with Crippen LogP contribution in [0.4, 0.5) is 8.78 Å². The van der Waals surface area contributed by atoms with E-state index in [9.17, 15) is 8.78 Å². The summed E-state index contributed by atoms with van der Waals surface area (Å²) in [5, 5.41) is 0.